The molecule has 24 heavy (non-hydrogen) atoms. The van der Waals surface area contributed by atoms with Gasteiger partial charge in [0.2, 0.25) is 5.91 Å². The lowest BCUT2D eigenvalue weighted by Gasteiger charge is -2.20. The number of nitrogens with one attached hydrogen (secondary N) is 1. The number of ether oxygens (including phenoxy) is 2. The van der Waals surface area contributed by atoms with Gasteiger partial charge in [0.25, 0.3) is 0 Å². The van der Waals surface area contributed by atoms with Gasteiger partial charge in [0.15, 0.2) is 5.79 Å². The first-order chi connectivity index (χ1) is 11.5. The second kappa shape index (κ2) is 7.17. The monoisotopic (exact) mass is 348 g/mol. The summed E-state index contributed by atoms with van der Waals surface area (Å²) < 4.78 is 16.4. The number of amides is 1. The molecule has 1 aromatic carbocycles. The van der Waals surface area contributed by atoms with Gasteiger partial charge >= 0.3 is 0 Å². The van der Waals surface area contributed by atoms with E-state index in [1.54, 1.807) is 19.1 Å². The molecule has 0 spiro atoms. The van der Waals surface area contributed by atoms with Crippen LogP contribution in [0.25, 0.3) is 11.3 Å². The summed E-state index contributed by atoms with van der Waals surface area (Å²) in [7, 11) is 0. The lowest BCUT2D eigenvalue weighted by Crippen LogP contribution is -2.33. The molecule has 1 saturated heterocycles. The van der Waals surface area contributed by atoms with Crippen LogP contribution < -0.4 is 5.43 Å². The second-order valence-corrected chi connectivity index (χ2v) is 5.95. The van der Waals surface area contributed by atoms with Crippen molar-refractivity contribution in [2.45, 2.75) is 19.1 Å². The molecule has 1 aromatic heterocycles. The van der Waals surface area contributed by atoms with Crippen molar-refractivity contribution in [2.24, 2.45) is 5.10 Å². The highest BCUT2D eigenvalue weighted by Gasteiger charge is 2.33. The van der Waals surface area contributed by atoms with E-state index in [2.05, 4.69) is 10.5 Å². The number of hydrogen-bond donors (Lipinski definition) is 1. The fourth-order valence-corrected chi connectivity index (χ4v) is 2.57. The van der Waals surface area contributed by atoms with E-state index in [0.717, 1.165) is 5.56 Å². The minimum atomic E-state index is -0.871. The van der Waals surface area contributed by atoms with Crippen molar-refractivity contribution < 1.29 is 18.7 Å². The summed E-state index contributed by atoms with van der Waals surface area (Å²) in [5, 5.41) is 4.52. The molecular formula is C17H17ClN2O4. The van der Waals surface area contributed by atoms with Gasteiger partial charge in [-0.05, 0) is 31.2 Å². The van der Waals surface area contributed by atoms with Crippen molar-refractivity contribution in [2.75, 3.05) is 13.2 Å². The van der Waals surface area contributed by atoms with Crippen molar-refractivity contribution >= 4 is 23.7 Å². The number of hydrazone groups is 1. The van der Waals surface area contributed by atoms with E-state index in [1.165, 1.54) is 6.21 Å². The Labute approximate surface area is 144 Å². The third-order valence-electron chi connectivity index (χ3n) is 3.50. The summed E-state index contributed by atoms with van der Waals surface area (Å²) in [6.45, 7) is 2.71. The number of halogens is 1. The molecule has 0 aliphatic carbocycles. The summed E-state index contributed by atoms with van der Waals surface area (Å²) in [5.41, 5.74) is 3.30. The number of furan rings is 1. The number of nitrogens with zero attached hydrogens (tertiary/aromatic N) is 1. The maximum absolute atomic E-state index is 11.8. The van der Waals surface area contributed by atoms with Crippen molar-refractivity contribution in [1.82, 2.24) is 5.43 Å². The molecule has 126 valence electrons. The van der Waals surface area contributed by atoms with Crippen LogP contribution in [0.3, 0.4) is 0 Å². The van der Waals surface area contributed by atoms with Gasteiger partial charge in [-0.1, -0.05) is 23.7 Å². The van der Waals surface area contributed by atoms with Crippen LogP contribution >= 0.6 is 11.6 Å². The van der Waals surface area contributed by atoms with Crippen LogP contribution in [0, 0.1) is 0 Å². The highest BCUT2D eigenvalue weighted by molar-refractivity contribution is 6.30. The van der Waals surface area contributed by atoms with Gasteiger partial charge in [0, 0.05) is 10.6 Å². The van der Waals surface area contributed by atoms with E-state index in [4.69, 9.17) is 25.5 Å². The molecule has 1 aliphatic rings. The van der Waals surface area contributed by atoms with Crippen LogP contribution in [-0.2, 0) is 14.3 Å². The number of benzene rings is 1. The first-order valence-electron chi connectivity index (χ1n) is 7.50. The van der Waals surface area contributed by atoms with Crippen molar-refractivity contribution in [3.8, 4) is 11.3 Å². The van der Waals surface area contributed by atoms with Crippen LogP contribution in [0.4, 0.5) is 0 Å². The quantitative estimate of drug-likeness (QED) is 0.665. The summed E-state index contributed by atoms with van der Waals surface area (Å²) in [4.78, 5) is 11.8. The SMILES string of the molecule is CC1(CC(=O)N/N=C\c2ccc(-c3cccc(Cl)c3)o2)OCCO1. The van der Waals surface area contributed by atoms with Crippen LogP contribution in [0.15, 0.2) is 45.9 Å². The Morgan fingerprint density at radius 2 is 2.12 bits per heavy atom. The third-order valence-corrected chi connectivity index (χ3v) is 3.73. The fourth-order valence-electron chi connectivity index (χ4n) is 2.38. The topological polar surface area (TPSA) is 73.1 Å². The Bertz CT molecular complexity index is 751. The van der Waals surface area contributed by atoms with Gasteiger partial charge in [-0.2, -0.15) is 5.10 Å². The van der Waals surface area contributed by atoms with Gasteiger partial charge < -0.3 is 13.9 Å². The Kier molecular flexibility index (Phi) is 4.99. The van der Waals surface area contributed by atoms with Gasteiger partial charge in [-0.3, -0.25) is 4.79 Å². The zero-order valence-corrected chi connectivity index (χ0v) is 13.9. The highest BCUT2D eigenvalue weighted by Crippen LogP contribution is 2.24. The van der Waals surface area contributed by atoms with E-state index in [9.17, 15) is 4.79 Å². The second-order valence-electron chi connectivity index (χ2n) is 5.51. The molecule has 1 fully saturated rings. The van der Waals surface area contributed by atoms with E-state index in [-0.39, 0.29) is 12.3 Å². The van der Waals surface area contributed by atoms with E-state index >= 15 is 0 Å². The van der Waals surface area contributed by atoms with E-state index in [1.807, 2.05) is 24.3 Å². The van der Waals surface area contributed by atoms with Crippen molar-refractivity contribution in [3.05, 3.63) is 47.2 Å². The predicted molar refractivity (Wildman–Crippen MR) is 89.8 cm³/mol. The van der Waals surface area contributed by atoms with Gasteiger partial charge in [0.05, 0.1) is 25.8 Å². The summed E-state index contributed by atoms with van der Waals surface area (Å²) in [6.07, 6.45) is 1.51. The molecule has 0 bridgehead atoms. The summed E-state index contributed by atoms with van der Waals surface area (Å²) in [5.74, 6) is 0.0250. The number of carbonyl (C=O) groups is 1. The van der Waals surface area contributed by atoms with E-state index in [0.29, 0.717) is 29.8 Å². The Morgan fingerprint density at radius 1 is 1.33 bits per heavy atom. The highest BCUT2D eigenvalue weighted by atomic mass is 35.5. The zero-order chi connectivity index (χ0) is 17.0. The van der Waals surface area contributed by atoms with E-state index < -0.39 is 5.79 Å². The average molecular weight is 349 g/mol. The lowest BCUT2D eigenvalue weighted by atomic mass is 10.2. The molecule has 0 radical (unpaired) electrons. The van der Waals surface area contributed by atoms with Crippen LogP contribution in [0.2, 0.25) is 5.02 Å². The fraction of sp³-hybridized carbons (Fsp3) is 0.294. The molecule has 7 heteroatoms. The van der Waals surface area contributed by atoms with Crippen molar-refractivity contribution in [1.29, 1.82) is 0 Å². The van der Waals surface area contributed by atoms with Crippen molar-refractivity contribution in [3.63, 3.8) is 0 Å². The molecule has 6 nitrogen and oxygen atoms in total. The zero-order valence-electron chi connectivity index (χ0n) is 13.1. The Hall–Kier alpha value is -2.15. The van der Waals surface area contributed by atoms with Crippen LogP contribution in [0.1, 0.15) is 19.1 Å². The average Bonchev–Trinajstić information content (AvgIpc) is 3.17. The molecule has 0 atom stereocenters. The standard InChI is InChI=1S/C17H17ClN2O4/c1-17(22-7-8-23-17)10-16(21)20-19-11-14-5-6-15(24-14)12-3-2-4-13(18)9-12/h2-6,9,11H,7-8,10H2,1H3,(H,20,21)/b19-11-. The number of rotatable bonds is 5. The molecule has 0 saturated carbocycles. The molecule has 3 rings (SSSR count). The van der Waals surface area contributed by atoms with Crippen LogP contribution in [0.5, 0.6) is 0 Å². The molecule has 2 heterocycles. The first-order valence-corrected chi connectivity index (χ1v) is 7.87. The Balaban J connectivity index is 1.56. The smallest absolute Gasteiger partial charge is 0.245 e. The molecule has 0 unspecified atom stereocenters. The summed E-state index contributed by atoms with van der Waals surface area (Å²) in [6, 6.07) is 10.9. The molecule has 1 aliphatic heterocycles. The number of hydrogen-bond acceptors (Lipinski definition) is 5. The van der Waals surface area contributed by atoms with Crippen LogP contribution in [-0.4, -0.2) is 31.1 Å². The van der Waals surface area contributed by atoms with Gasteiger partial charge in [-0.25, -0.2) is 5.43 Å². The minimum absolute atomic E-state index is 0.0796. The largest absolute Gasteiger partial charge is 0.455 e. The maximum Gasteiger partial charge on any atom is 0.245 e. The molecule has 2 aromatic rings. The Morgan fingerprint density at radius 3 is 2.88 bits per heavy atom. The third kappa shape index (κ3) is 4.23. The maximum atomic E-state index is 11.8. The van der Waals surface area contributed by atoms with Gasteiger partial charge in [-0.15, -0.1) is 0 Å². The minimum Gasteiger partial charge on any atom is -0.455 e. The normalized spacial score (nSPS) is 16.6. The lowest BCUT2D eigenvalue weighted by molar-refractivity contribution is -0.159. The first kappa shape index (κ1) is 16.7. The predicted octanol–water partition coefficient (Wildman–Crippen LogP) is 3.20. The van der Waals surface area contributed by atoms with Gasteiger partial charge in [0.1, 0.15) is 11.5 Å². The molecular weight excluding hydrogens is 332 g/mol. The molecule has 1 amide bonds. The molecule has 1 N–H and O–H groups in total. The summed E-state index contributed by atoms with van der Waals surface area (Å²) >= 11 is 5.97. The number of carbonyl (C=O) groups excluding carboxylic acids is 1.